The predicted molar refractivity (Wildman–Crippen MR) is 63.6 cm³/mol. The molecular weight excluding hydrogens is 256 g/mol. The molecule has 0 aliphatic heterocycles. The molecule has 1 aromatic carbocycles. The van der Waals surface area contributed by atoms with Crippen molar-refractivity contribution in [1.82, 2.24) is 9.55 Å². The monoisotopic (exact) mass is 266 g/mol. The Bertz CT molecular complexity index is 554. The third kappa shape index (κ3) is 1.77. The molecule has 0 unspecified atom stereocenters. The second kappa shape index (κ2) is 3.70. The lowest BCUT2D eigenvalue weighted by Crippen LogP contribution is -2.15. The van der Waals surface area contributed by atoms with Gasteiger partial charge in [0.15, 0.2) is 0 Å². The number of rotatable bonds is 1. The van der Waals surface area contributed by atoms with Crippen LogP contribution in [0.5, 0.6) is 0 Å². The smallest absolute Gasteiger partial charge is 0.312 e. The third-order valence-corrected chi connectivity index (χ3v) is 3.25. The van der Waals surface area contributed by atoms with Crippen molar-refractivity contribution in [2.75, 3.05) is 0 Å². The van der Waals surface area contributed by atoms with E-state index in [2.05, 4.69) is 20.9 Å². The summed E-state index contributed by atoms with van der Waals surface area (Å²) in [5.41, 5.74) is 2.80. The summed E-state index contributed by atoms with van der Waals surface area (Å²) in [5.74, 6) is 0. The summed E-state index contributed by atoms with van der Waals surface area (Å²) in [6, 6.07) is 5.84. The number of nitrogens with zero attached hydrogens (tertiary/aromatic N) is 1. The van der Waals surface area contributed by atoms with Gasteiger partial charge in [-0.3, -0.25) is 4.57 Å². The van der Waals surface area contributed by atoms with Crippen molar-refractivity contribution in [3.05, 3.63) is 50.6 Å². The normalized spacial score (nSPS) is 10.6. The van der Waals surface area contributed by atoms with E-state index in [1.807, 2.05) is 32.0 Å². The van der Waals surface area contributed by atoms with Crippen LogP contribution in [0.15, 0.2) is 33.7 Å². The lowest BCUT2D eigenvalue weighted by atomic mass is 10.2. The van der Waals surface area contributed by atoms with Gasteiger partial charge < -0.3 is 4.98 Å². The highest BCUT2D eigenvalue weighted by atomic mass is 79.9. The fraction of sp³-hybridized carbons (Fsp3) is 0.182. The molecular formula is C11H11BrN2O. The average Bonchev–Trinajstić information content (AvgIpc) is 2.52. The van der Waals surface area contributed by atoms with Gasteiger partial charge in [0.25, 0.3) is 0 Å². The van der Waals surface area contributed by atoms with Crippen molar-refractivity contribution in [3.63, 3.8) is 0 Å². The largest absolute Gasteiger partial charge is 0.330 e. The van der Waals surface area contributed by atoms with Crippen LogP contribution < -0.4 is 5.69 Å². The molecule has 1 aromatic heterocycles. The molecule has 1 N–H and O–H groups in total. The molecule has 0 saturated heterocycles. The van der Waals surface area contributed by atoms with Crippen LogP contribution in [0, 0.1) is 13.8 Å². The Morgan fingerprint density at radius 1 is 1.33 bits per heavy atom. The number of halogens is 1. The molecule has 0 spiro atoms. The Labute approximate surface area is 95.9 Å². The summed E-state index contributed by atoms with van der Waals surface area (Å²) >= 11 is 3.43. The molecule has 0 aliphatic carbocycles. The first-order chi connectivity index (χ1) is 7.09. The van der Waals surface area contributed by atoms with Gasteiger partial charge in [0, 0.05) is 16.4 Å². The van der Waals surface area contributed by atoms with Crippen LogP contribution in [-0.4, -0.2) is 9.55 Å². The van der Waals surface area contributed by atoms with Crippen molar-refractivity contribution >= 4 is 15.9 Å². The summed E-state index contributed by atoms with van der Waals surface area (Å²) in [4.78, 5) is 14.2. The van der Waals surface area contributed by atoms with Crippen molar-refractivity contribution in [2.45, 2.75) is 13.8 Å². The summed E-state index contributed by atoms with van der Waals surface area (Å²) in [6.07, 6.45) is 1.71. The number of benzene rings is 1. The molecule has 2 rings (SSSR count). The van der Waals surface area contributed by atoms with Crippen LogP contribution in [-0.2, 0) is 0 Å². The predicted octanol–water partition coefficient (Wildman–Crippen LogP) is 2.54. The van der Waals surface area contributed by atoms with E-state index in [9.17, 15) is 4.79 Å². The minimum atomic E-state index is -0.103. The first kappa shape index (κ1) is 10.2. The van der Waals surface area contributed by atoms with Crippen LogP contribution in [0.25, 0.3) is 5.69 Å². The first-order valence-corrected chi connectivity index (χ1v) is 5.42. The van der Waals surface area contributed by atoms with Crippen molar-refractivity contribution in [2.24, 2.45) is 0 Å². The van der Waals surface area contributed by atoms with Crippen LogP contribution in [0.3, 0.4) is 0 Å². The summed E-state index contributed by atoms with van der Waals surface area (Å²) in [7, 11) is 0. The zero-order valence-corrected chi connectivity index (χ0v) is 10.1. The molecule has 78 valence electrons. The Morgan fingerprint density at radius 2 is 2.07 bits per heavy atom. The second-order valence-electron chi connectivity index (χ2n) is 3.50. The van der Waals surface area contributed by atoms with Crippen LogP contribution >= 0.6 is 15.9 Å². The quantitative estimate of drug-likeness (QED) is 0.847. The molecule has 1 heterocycles. The van der Waals surface area contributed by atoms with Crippen molar-refractivity contribution in [1.29, 1.82) is 0 Å². The minimum Gasteiger partial charge on any atom is -0.312 e. The van der Waals surface area contributed by atoms with Gasteiger partial charge in [-0.1, -0.05) is 15.9 Å². The van der Waals surface area contributed by atoms with E-state index in [0.29, 0.717) is 0 Å². The van der Waals surface area contributed by atoms with E-state index in [0.717, 1.165) is 21.4 Å². The number of aromatic amines is 1. The molecule has 0 fully saturated rings. The lowest BCUT2D eigenvalue weighted by molar-refractivity contribution is 0.947. The van der Waals surface area contributed by atoms with E-state index in [-0.39, 0.29) is 5.69 Å². The first-order valence-electron chi connectivity index (χ1n) is 4.63. The number of hydrogen-bond donors (Lipinski definition) is 1. The number of hydrogen-bond acceptors (Lipinski definition) is 1. The maximum Gasteiger partial charge on any atom is 0.330 e. The molecule has 15 heavy (non-hydrogen) atoms. The topological polar surface area (TPSA) is 37.8 Å². The summed E-state index contributed by atoms with van der Waals surface area (Å²) in [6.45, 7) is 3.90. The van der Waals surface area contributed by atoms with Gasteiger partial charge in [0.1, 0.15) is 0 Å². The standard InChI is InChI=1S/C11H11BrN2O/c1-7-5-9(3-4-10(7)12)14-8(2)6-13-11(14)15/h3-6H,1-2H3,(H,13,15). The van der Waals surface area contributed by atoms with Gasteiger partial charge >= 0.3 is 5.69 Å². The van der Waals surface area contributed by atoms with Gasteiger partial charge in [-0.15, -0.1) is 0 Å². The SMILES string of the molecule is Cc1cc(-n2c(C)c[nH]c2=O)ccc1Br. The van der Waals surface area contributed by atoms with E-state index >= 15 is 0 Å². The Kier molecular flexibility index (Phi) is 2.52. The molecule has 0 saturated carbocycles. The Balaban J connectivity index is 2.65. The zero-order valence-electron chi connectivity index (χ0n) is 8.54. The maximum atomic E-state index is 11.5. The Morgan fingerprint density at radius 3 is 2.60 bits per heavy atom. The van der Waals surface area contributed by atoms with Crippen LogP contribution in [0.1, 0.15) is 11.3 Å². The third-order valence-electron chi connectivity index (χ3n) is 2.36. The zero-order chi connectivity index (χ0) is 11.0. The van der Waals surface area contributed by atoms with Gasteiger partial charge in [-0.25, -0.2) is 4.79 Å². The van der Waals surface area contributed by atoms with Gasteiger partial charge in [-0.05, 0) is 37.6 Å². The van der Waals surface area contributed by atoms with E-state index in [1.165, 1.54) is 0 Å². The van der Waals surface area contributed by atoms with Crippen LogP contribution in [0.4, 0.5) is 0 Å². The van der Waals surface area contributed by atoms with E-state index in [1.54, 1.807) is 10.8 Å². The van der Waals surface area contributed by atoms with E-state index in [4.69, 9.17) is 0 Å². The highest BCUT2D eigenvalue weighted by Crippen LogP contribution is 2.19. The fourth-order valence-corrected chi connectivity index (χ4v) is 1.79. The number of nitrogens with one attached hydrogen (secondary N) is 1. The number of imidazole rings is 1. The van der Waals surface area contributed by atoms with Gasteiger partial charge in [0.05, 0.1) is 5.69 Å². The number of aryl methyl sites for hydroxylation is 2. The van der Waals surface area contributed by atoms with Crippen molar-refractivity contribution < 1.29 is 0 Å². The van der Waals surface area contributed by atoms with Gasteiger partial charge in [-0.2, -0.15) is 0 Å². The molecule has 0 radical (unpaired) electrons. The highest BCUT2D eigenvalue weighted by Gasteiger charge is 2.05. The molecule has 3 nitrogen and oxygen atoms in total. The average molecular weight is 267 g/mol. The van der Waals surface area contributed by atoms with Crippen LogP contribution in [0.2, 0.25) is 0 Å². The summed E-state index contributed by atoms with van der Waals surface area (Å²) < 4.78 is 2.70. The molecule has 0 amide bonds. The minimum absolute atomic E-state index is 0.103. The fourth-order valence-electron chi connectivity index (χ4n) is 1.54. The van der Waals surface area contributed by atoms with Gasteiger partial charge in [0.2, 0.25) is 0 Å². The second-order valence-corrected chi connectivity index (χ2v) is 4.36. The maximum absolute atomic E-state index is 11.5. The molecule has 2 aromatic rings. The highest BCUT2D eigenvalue weighted by molar-refractivity contribution is 9.10. The lowest BCUT2D eigenvalue weighted by Gasteiger charge is -2.06. The number of H-pyrrole nitrogens is 1. The summed E-state index contributed by atoms with van der Waals surface area (Å²) in [5, 5.41) is 0. The number of aromatic nitrogens is 2. The van der Waals surface area contributed by atoms with Crippen molar-refractivity contribution in [3.8, 4) is 5.69 Å². The molecule has 4 heteroatoms. The molecule has 0 aliphatic rings. The van der Waals surface area contributed by atoms with E-state index < -0.39 is 0 Å². The molecule has 0 atom stereocenters. The molecule has 0 bridgehead atoms. The Hall–Kier alpha value is -1.29.